The summed E-state index contributed by atoms with van der Waals surface area (Å²) in [4.78, 5) is 5.97. The monoisotopic (exact) mass is 475 g/mol. The number of aromatic amines is 1. The zero-order valence-electron chi connectivity index (χ0n) is 18.4. The molecular formula is C22H29N5O3S2. The number of anilines is 1. The van der Waals surface area contributed by atoms with E-state index in [1.165, 1.54) is 22.4 Å². The molecule has 0 amide bonds. The van der Waals surface area contributed by atoms with Crippen molar-refractivity contribution >= 4 is 38.0 Å². The van der Waals surface area contributed by atoms with Crippen molar-refractivity contribution in [2.45, 2.75) is 19.1 Å². The first kappa shape index (κ1) is 21.8. The number of hydrogen-bond acceptors (Lipinski definition) is 7. The van der Waals surface area contributed by atoms with E-state index in [0.717, 1.165) is 43.6 Å². The molecule has 2 atom stereocenters. The second-order valence-corrected chi connectivity index (χ2v) is 11.6. The SMILES string of the molecule is C[C@H]1CN(CC2CN(c3csc(-c4cccc5[nH]ncc45)c3)CCO2)CCN1S(C)(=O)=O. The zero-order valence-corrected chi connectivity index (χ0v) is 20.0. The topological polar surface area (TPSA) is 81.8 Å². The number of sulfonamides is 1. The summed E-state index contributed by atoms with van der Waals surface area (Å²) < 4.78 is 31.5. The third-order valence-corrected chi connectivity index (χ3v) is 8.72. The molecule has 0 aliphatic carbocycles. The highest BCUT2D eigenvalue weighted by Crippen LogP contribution is 2.36. The van der Waals surface area contributed by atoms with E-state index in [-0.39, 0.29) is 12.1 Å². The first-order valence-electron chi connectivity index (χ1n) is 11.0. The summed E-state index contributed by atoms with van der Waals surface area (Å²) in [6, 6.07) is 8.51. The number of nitrogens with zero attached hydrogens (tertiary/aromatic N) is 4. The van der Waals surface area contributed by atoms with E-state index in [1.807, 2.05) is 19.2 Å². The lowest BCUT2D eigenvalue weighted by molar-refractivity contribution is 0.00493. The van der Waals surface area contributed by atoms with Crippen molar-refractivity contribution in [3.8, 4) is 10.4 Å². The van der Waals surface area contributed by atoms with E-state index in [1.54, 1.807) is 15.6 Å². The Kier molecular flexibility index (Phi) is 5.98. The molecule has 10 heteroatoms. The molecule has 32 heavy (non-hydrogen) atoms. The Morgan fingerprint density at radius 1 is 1.25 bits per heavy atom. The number of nitrogens with one attached hydrogen (secondary N) is 1. The minimum atomic E-state index is -3.14. The number of ether oxygens (including phenoxy) is 1. The Hall–Kier alpha value is -1.98. The van der Waals surface area contributed by atoms with Gasteiger partial charge in [-0.25, -0.2) is 8.42 Å². The predicted octanol–water partition coefficient (Wildman–Crippen LogP) is 2.46. The number of piperazine rings is 1. The highest BCUT2D eigenvalue weighted by atomic mass is 32.2. The number of benzene rings is 1. The molecule has 0 saturated carbocycles. The zero-order chi connectivity index (χ0) is 22.3. The average molecular weight is 476 g/mol. The molecule has 1 aromatic carbocycles. The lowest BCUT2D eigenvalue weighted by Crippen LogP contribution is -2.56. The minimum absolute atomic E-state index is 0.0106. The average Bonchev–Trinajstić information content (AvgIpc) is 3.43. The lowest BCUT2D eigenvalue weighted by atomic mass is 10.1. The van der Waals surface area contributed by atoms with Crippen molar-refractivity contribution in [1.82, 2.24) is 19.4 Å². The highest BCUT2D eigenvalue weighted by Gasteiger charge is 2.32. The molecule has 2 aromatic heterocycles. The number of fused-ring (bicyclic) bond motifs is 1. The Morgan fingerprint density at radius 3 is 2.94 bits per heavy atom. The largest absolute Gasteiger partial charge is 0.373 e. The van der Waals surface area contributed by atoms with E-state index in [0.29, 0.717) is 13.2 Å². The van der Waals surface area contributed by atoms with Crippen molar-refractivity contribution in [2.75, 3.05) is 57.0 Å². The number of hydrogen-bond donors (Lipinski definition) is 1. The molecule has 2 aliphatic rings. The van der Waals surface area contributed by atoms with Crippen molar-refractivity contribution in [2.24, 2.45) is 0 Å². The Labute approximate surface area is 192 Å². The molecule has 172 valence electrons. The van der Waals surface area contributed by atoms with Crippen molar-refractivity contribution < 1.29 is 13.2 Å². The van der Waals surface area contributed by atoms with Gasteiger partial charge in [-0.15, -0.1) is 11.3 Å². The molecule has 1 unspecified atom stereocenters. The maximum Gasteiger partial charge on any atom is 0.211 e. The van der Waals surface area contributed by atoms with E-state index < -0.39 is 10.0 Å². The summed E-state index contributed by atoms with van der Waals surface area (Å²) in [7, 11) is -3.14. The van der Waals surface area contributed by atoms with Crippen LogP contribution >= 0.6 is 11.3 Å². The number of aromatic nitrogens is 2. The highest BCUT2D eigenvalue weighted by molar-refractivity contribution is 7.88. The van der Waals surface area contributed by atoms with Gasteiger partial charge in [-0.2, -0.15) is 9.40 Å². The van der Waals surface area contributed by atoms with Crippen molar-refractivity contribution in [1.29, 1.82) is 0 Å². The number of morpholine rings is 1. The maximum atomic E-state index is 11.9. The molecule has 2 fully saturated rings. The standard InChI is InChI=1S/C22H29N5O3S2/c1-16-12-25(6-7-27(16)32(2,28)29)13-18-14-26(8-9-30-18)17-10-22(31-15-17)19-4-3-5-21-20(19)11-23-24-21/h3-5,10-11,15-16,18H,6-9,12-14H2,1-2H3,(H,23,24)/t16-,18?/m0/s1. The third kappa shape index (κ3) is 4.42. The van der Waals surface area contributed by atoms with Gasteiger partial charge in [0, 0.05) is 72.2 Å². The van der Waals surface area contributed by atoms with Gasteiger partial charge in [0.1, 0.15) is 0 Å². The summed E-state index contributed by atoms with van der Waals surface area (Å²) in [6.07, 6.45) is 3.30. The van der Waals surface area contributed by atoms with Gasteiger partial charge in [-0.05, 0) is 19.1 Å². The number of H-pyrrole nitrogens is 1. The summed E-state index contributed by atoms with van der Waals surface area (Å²) >= 11 is 1.76. The van der Waals surface area contributed by atoms with Gasteiger partial charge in [-0.1, -0.05) is 12.1 Å². The van der Waals surface area contributed by atoms with Gasteiger partial charge in [0.2, 0.25) is 10.0 Å². The molecule has 2 saturated heterocycles. The molecule has 5 rings (SSSR count). The summed E-state index contributed by atoms with van der Waals surface area (Å²) in [5.41, 5.74) is 3.48. The van der Waals surface area contributed by atoms with Crippen molar-refractivity contribution in [3.05, 3.63) is 35.8 Å². The van der Waals surface area contributed by atoms with E-state index in [2.05, 4.69) is 43.6 Å². The van der Waals surface area contributed by atoms with Crippen molar-refractivity contribution in [3.63, 3.8) is 0 Å². The van der Waals surface area contributed by atoms with Crippen LogP contribution in [0, 0.1) is 0 Å². The van der Waals surface area contributed by atoms with Crippen LogP contribution in [0.4, 0.5) is 5.69 Å². The second kappa shape index (κ2) is 8.75. The van der Waals surface area contributed by atoms with Crippen LogP contribution in [0.3, 0.4) is 0 Å². The van der Waals surface area contributed by atoms with E-state index in [9.17, 15) is 8.42 Å². The Balaban J connectivity index is 1.24. The second-order valence-electron chi connectivity index (χ2n) is 8.73. The van der Waals surface area contributed by atoms with Crippen LogP contribution < -0.4 is 4.90 Å². The van der Waals surface area contributed by atoms with Crippen LogP contribution in [0.1, 0.15) is 6.92 Å². The van der Waals surface area contributed by atoms with Crippen LogP contribution in [0.25, 0.3) is 21.3 Å². The fourth-order valence-electron chi connectivity index (χ4n) is 4.84. The van der Waals surface area contributed by atoms with Gasteiger partial charge in [0.25, 0.3) is 0 Å². The van der Waals surface area contributed by atoms with Gasteiger partial charge in [0.15, 0.2) is 0 Å². The van der Waals surface area contributed by atoms with Gasteiger partial charge < -0.3 is 9.64 Å². The van der Waals surface area contributed by atoms with Crippen LogP contribution in [-0.4, -0.2) is 92.1 Å². The third-order valence-electron chi connectivity index (χ3n) is 6.38. The lowest BCUT2D eigenvalue weighted by Gasteiger charge is -2.41. The van der Waals surface area contributed by atoms with Gasteiger partial charge in [-0.3, -0.25) is 10.00 Å². The van der Waals surface area contributed by atoms with Gasteiger partial charge >= 0.3 is 0 Å². The van der Waals surface area contributed by atoms with E-state index in [4.69, 9.17) is 4.74 Å². The molecular weight excluding hydrogens is 446 g/mol. The summed E-state index contributed by atoms with van der Waals surface area (Å²) in [5.74, 6) is 0. The van der Waals surface area contributed by atoms with Gasteiger partial charge in [0.05, 0.1) is 30.7 Å². The molecule has 0 bridgehead atoms. The fourth-order valence-corrected chi connectivity index (χ4v) is 6.94. The molecule has 8 nitrogen and oxygen atoms in total. The van der Waals surface area contributed by atoms with Crippen LogP contribution in [0.2, 0.25) is 0 Å². The summed E-state index contributed by atoms with van der Waals surface area (Å²) in [5, 5.41) is 10.6. The summed E-state index contributed by atoms with van der Waals surface area (Å²) in [6.45, 7) is 7.25. The molecule has 2 aliphatic heterocycles. The molecule has 3 aromatic rings. The minimum Gasteiger partial charge on any atom is -0.373 e. The van der Waals surface area contributed by atoms with E-state index >= 15 is 0 Å². The fraction of sp³-hybridized carbons (Fsp3) is 0.500. The number of rotatable bonds is 5. The van der Waals surface area contributed by atoms with Crippen LogP contribution in [-0.2, 0) is 14.8 Å². The first-order valence-corrected chi connectivity index (χ1v) is 13.7. The Bertz CT molecular complexity index is 1190. The van der Waals surface area contributed by atoms with Crippen LogP contribution in [0.5, 0.6) is 0 Å². The maximum absolute atomic E-state index is 11.9. The molecule has 0 radical (unpaired) electrons. The quantitative estimate of drug-likeness (QED) is 0.611. The molecule has 4 heterocycles. The number of thiophene rings is 1. The molecule has 1 N–H and O–H groups in total. The van der Waals surface area contributed by atoms with Crippen LogP contribution in [0.15, 0.2) is 35.8 Å². The Morgan fingerprint density at radius 2 is 2.12 bits per heavy atom. The normalized spacial score (nSPS) is 23.8. The molecule has 0 spiro atoms. The predicted molar refractivity (Wildman–Crippen MR) is 129 cm³/mol. The smallest absolute Gasteiger partial charge is 0.211 e. The first-order chi connectivity index (χ1) is 15.4.